The molecule has 0 radical (unpaired) electrons. The van der Waals surface area contributed by atoms with Crippen molar-refractivity contribution in [3.8, 4) is 0 Å². The molecule has 0 spiro atoms. The van der Waals surface area contributed by atoms with Gasteiger partial charge < -0.3 is 15.3 Å². The molecule has 3 atom stereocenters. The molecule has 2 fully saturated rings. The van der Waals surface area contributed by atoms with Gasteiger partial charge in [0, 0.05) is 37.2 Å². The molecule has 5 heteroatoms. The molecule has 2 aliphatic rings. The monoisotopic (exact) mass is 288 g/mol. The Morgan fingerprint density at radius 2 is 1.90 bits per heavy atom. The number of aliphatic hydroxyl groups is 1. The van der Waals surface area contributed by atoms with Gasteiger partial charge in [-0.1, -0.05) is 0 Å². The van der Waals surface area contributed by atoms with Crippen molar-refractivity contribution in [3.05, 3.63) is 29.8 Å². The number of aliphatic hydroxyl groups excluding tert-OH is 1. The van der Waals surface area contributed by atoms with Gasteiger partial charge in [-0.25, -0.2) is 0 Å². The summed E-state index contributed by atoms with van der Waals surface area (Å²) in [5.41, 5.74) is 1.31. The number of anilines is 1. The smallest absolute Gasteiger partial charge is 0.253 e. The minimum Gasteiger partial charge on any atom is -0.393 e. The van der Waals surface area contributed by atoms with Crippen LogP contribution in [0.15, 0.2) is 24.3 Å². The first-order valence-electron chi connectivity index (χ1n) is 7.39. The number of hydrogen-bond acceptors (Lipinski definition) is 3. The Labute approximate surface area is 123 Å². The van der Waals surface area contributed by atoms with E-state index in [1.54, 1.807) is 24.3 Å². The van der Waals surface area contributed by atoms with Crippen molar-refractivity contribution >= 4 is 17.5 Å². The largest absolute Gasteiger partial charge is 0.393 e. The summed E-state index contributed by atoms with van der Waals surface area (Å²) in [6.45, 7) is 2.85. The summed E-state index contributed by atoms with van der Waals surface area (Å²) < 4.78 is 0. The van der Waals surface area contributed by atoms with Crippen molar-refractivity contribution in [1.29, 1.82) is 0 Å². The molecule has 2 amide bonds. The predicted octanol–water partition coefficient (Wildman–Crippen LogP) is 1.49. The first-order valence-corrected chi connectivity index (χ1v) is 7.39. The van der Waals surface area contributed by atoms with Gasteiger partial charge in [-0.15, -0.1) is 0 Å². The number of amides is 2. The molecule has 1 aromatic carbocycles. The molecule has 1 aromatic rings. The second kappa shape index (κ2) is 5.48. The zero-order valence-corrected chi connectivity index (χ0v) is 12.1. The molecule has 21 heavy (non-hydrogen) atoms. The van der Waals surface area contributed by atoms with E-state index in [0.717, 1.165) is 19.4 Å². The molecule has 1 saturated carbocycles. The van der Waals surface area contributed by atoms with Crippen molar-refractivity contribution < 1.29 is 14.7 Å². The molecule has 1 saturated heterocycles. The quantitative estimate of drug-likeness (QED) is 0.866. The molecule has 112 valence electrons. The number of benzene rings is 1. The number of carbonyl (C=O) groups excluding carboxylic acids is 2. The number of nitrogens with one attached hydrogen (secondary N) is 1. The zero-order chi connectivity index (χ0) is 15.0. The van der Waals surface area contributed by atoms with Crippen LogP contribution in [-0.2, 0) is 4.79 Å². The topological polar surface area (TPSA) is 69.6 Å². The molecule has 0 bridgehead atoms. The zero-order valence-electron chi connectivity index (χ0n) is 12.1. The highest BCUT2D eigenvalue weighted by molar-refractivity contribution is 5.95. The van der Waals surface area contributed by atoms with Crippen molar-refractivity contribution in [2.45, 2.75) is 25.9 Å². The number of carbonyl (C=O) groups is 2. The number of likely N-dealkylation sites (tertiary alicyclic amines) is 1. The fourth-order valence-corrected chi connectivity index (χ4v) is 3.48. The van der Waals surface area contributed by atoms with Crippen LogP contribution in [0.25, 0.3) is 0 Å². The van der Waals surface area contributed by atoms with E-state index in [1.807, 2.05) is 4.90 Å². The van der Waals surface area contributed by atoms with Gasteiger partial charge in [0.25, 0.3) is 5.91 Å². The fourth-order valence-electron chi connectivity index (χ4n) is 3.48. The van der Waals surface area contributed by atoms with E-state index < -0.39 is 0 Å². The third-order valence-corrected chi connectivity index (χ3v) is 4.56. The maximum absolute atomic E-state index is 12.5. The standard InChI is InChI=1S/C16H20N2O3/c1-10(19)17-13-5-2-11(3-6-13)16(21)18-8-12-4-7-15(20)14(12)9-18/h2-3,5-6,12,14-15,20H,4,7-9H2,1H3,(H,17,19). The lowest BCUT2D eigenvalue weighted by Gasteiger charge is -2.18. The van der Waals surface area contributed by atoms with Gasteiger partial charge in [0.2, 0.25) is 5.91 Å². The second-order valence-corrected chi connectivity index (χ2v) is 6.04. The maximum atomic E-state index is 12.5. The number of rotatable bonds is 2. The van der Waals surface area contributed by atoms with E-state index in [-0.39, 0.29) is 23.8 Å². The Morgan fingerprint density at radius 1 is 1.19 bits per heavy atom. The highest BCUT2D eigenvalue weighted by Gasteiger charge is 2.43. The minimum atomic E-state index is -0.255. The average Bonchev–Trinajstić information content (AvgIpc) is 3.01. The van der Waals surface area contributed by atoms with Gasteiger partial charge in [-0.3, -0.25) is 9.59 Å². The average molecular weight is 288 g/mol. The highest BCUT2D eigenvalue weighted by Crippen LogP contribution is 2.38. The van der Waals surface area contributed by atoms with Crippen LogP contribution in [0.3, 0.4) is 0 Å². The van der Waals surface area contributed by atoms with Crippen LogP contribution in [0.4, 0.5) is 5.69 Å². The van der Waals surface area contributed by atoms with Crippen molar-refractivity contribution in [3.63, 3.8) is 0 Å². The first-order chi connectivity index (χ1) is 10.0. The van der Waals surface area contributed by atoms with Crippen LogP contribution in [0, 0.1) is 11.8 Å². The molecule has 3 rings (SSSR count). The Kier molecular flexibility index (Phi) is 3.68. The first kappa shape index (κ1) is 14.1. The molecule has 1 heterocycles. The summed E-state index contributed by atoms with van der Waals surface area (Å²) in [6.07, 6.45) is 1.62. The van der Waals surface area contributed by atoms with Crippen molar-refractivity contribution in [1.82, 2.24) is 4.90 Å². The molecular formula is C16H20N2O3. The molecule has 1 aliphatic heterocycles. The van der Waals surface area contributed by atoms with Gasteiger partial charge in [0.1, 0.15) is 0 Å². The van der Waals surface area contributed by atoms with Gasteiger partial charge in [0.15, 0.2) is 0 Å². The van der Waals surface area contributed by atoms with Crippen LogP contribution >= 0.6 is 0 Å². The minimum absolute atomic E-state index is 0.00553. The predicted molar refractivity (Wildman–Crippen MR) is 78.9 cm³/mol. The Hall–Kier alpha value is -1.88. The third-order valence-electron chi connectivity index (χ3n) is 4.56. The Balaban J connectivity index is 1.67. The summed E-state index contributed by atoms with van der Waals surface area (Å²) in [5.74, 6) is 0.566. The third kappa shape index (κ3) is 2.78. The van der Waals surface area contributed by atoms with Crippen LogP contribution in [0.5, 0.6) is 0 Å². The van der Waals surface area contributed by atoms with E-state index in [4.69, 9.17) is 0 Å². The molecule has 0 aromatic heterocycles. The maximum Gasteiger partial charge on any atom is 0.253 e. The molecule has 2 N–H and O–H groups in total. The van der Waals surface area contributed by atoms with E-state index in [0.29, 0.717) is 23.7 Å². The molecule has 1 aliphatic carbocycles. The van der Waals surface area contributed by atoms with Gasteiger partial charge >= 0.3 is 0 Å². The fraction of sp³-hybridized carbons (Fsp3) is 0.500. The summed E-state index contributed by atoms with van der Waals surface area (Å²) in [5, 5.41) is 12.6. The lowest BCUT2D eigenvalue weighted by atomic mass is 10.00. The SMILES string of the molecule is CC(=O)Nc1ccc(C(=O)N2CC3CCC(O)C3C2)cc1. The van der Waals surface area contributed by atoms with Crippen LogP contribution in [0.2, 0.25) is 0 Å². The van der Waals surface area contributed by atoms with Crippen molar-refractivity contribution in [2.75, 3.05) is 18.4 Å². The van der Waals surface area contributed by atoms with Crippen molar-refractivity contribution in [2.24, 2.45) is 11.8 Å². The summed E-state index contributed by atoms with van der Waals surface area (Å²) >= 11 is 0. The van der Waals surface area contributed by atoms with E-state index in [9.17, 15) is 14.7 Å². The summed E-state index contributed by atoms with van der Waals surface area (Å²) in [7, 11) is 0. The van der Waals surface area contributed by atoms with Gasteiger partial charge in [-0.05, 0) is 43.0 Å². The van der Waals surface area contributed by atoms with E-state index in [2.05, 4.69) is 5.32 Å². The number of fused-ring (bicyclic) bond motifs is 1. The normalized spacial score (nSPS) is 27.5. The van der Waals surface area contributed by atoms with E-state index >= 15 is 0 Å². The van der Waals surface area contributed by atoms with E-state index in [1.165, 1.54) is 6.92 Å². The molecular weight excluding hydrogens is 268 g/mol. The Morgan fingerprint density at radius 3 is 2.52 bits per heavy atom. The highest BCUT2D eigenvalue weighted by atomic mass is 16.3. The number of nitrogens with zero attached hydrogens (tertiary/aromatic N) is 1. The molecule has 5 nitrogen and oxygen atoms in total. The summed E-state index contributed by atoms with van der Waals surface area (Å²) in [6, 6.07) is 6.94. The summed E-state index contributed by atoms with van der Waals surface area (Å²) in [4.78, 5) is 25.3. The van der Waals surface area contributed by atoms with Crippen LogP contribution in [0.1, 0.15) is 30.1 Å². The lowest BCUT2D eigenvalue weighted by molar-refractivity contribution is -0.114. The second-order valence-electron chi connectivity index (χ2n) is 6.04. The Bertz CT molecular complexity index is 555. The van der Waals surface area contributed by atoms with Crippen LogP contribution in [-0.4, -0.2) is 41.0 Å². The van der Waals surface area contributed by atoms with Gasteiger partial charge in [0.05, 0.1) is 6.10 Å². The molecule has 3 unspecified atom stereocenters. The van der Waals surface area contributed by atoms with Gasteiger partial charge in [-0.2, -0.15) is 0 Å². The van der Waals surface area contributed by atoms with Crippen LogP contribution < -0.4 is 5.32 Å². The lowest BCUT2D eigenvalue weighted by Crippen LogP contribution is -2.31. The number of hydrogen-bond donors (Lipinski definition) is 2.